The first-order chi connectivity index (χ1) is 7.58. The second-order valence-electron chi connectivity index (χ2n) is 3.73. The quantitative estimate of drug-likeness (QED) is 0.880. The van der Waals surface area contributed by atoms with Crippen molar-refractivity contribution in [3.05, 3.63) is 33.0 Å². The van der Waals surface area contributed by atoms with Crippen LogP contribution in [0.3, 0.4) is 0 Å². The minimum atomic E-state index is 0.691. The van der Waals surface area contributed by atoms with Crippen LogP contribution in [0.25, 0.3) is 0 Å². The van der Waals surface area contributed by atoms with Gasteiger partial charge in [-0.1, -0.05) is 0 Å². The van der Waals surface area contributed by atoms with E-state index in [-0.39, 0.29) is 0 Å². The number of nitrogens with zero attached hydrogens (tertiary/aromatic N) is 2. The van der Waals surface area contributed by atoms with Crippen LogP contribution in [0.5, 0.6) is 0 Å². The molecule has 5 heteroatoms. The van der Waals surface area contributed by atoms with Crippen molar-refractivity contribution in [1.82, 2.24) is 9.78 Å². The molecule has 0 aliphatic rings. The van der Waals surface area contributed by atoms with Crippen LogP contribution in [-0.4, -0.2) is 9.78 Å². The Bertz CT molecular complexity index is 501. The predicted octanol–water partition coefficient (Wildman–Crippen LogP) is 2.85. The van der Waals surface area contributed by atoms with E-state index in [0.29, 0.717) is 6.54 Å². The van der Waals surface area contributed by atoms with Gasteiger partial charge in [0.05, 0.1) is 23.6 Å². The highest BCUT2D eigenvalue weighted by atomic mass is 127. The largest absolute Gasteiger partial charge is 0.454 e. The summed E-state index contributed by atoms with van der Waals surface area (Å²) in [5.41, 5.74) is 3.24. The van der Waals surface area contributed by atoms with Crippen molar-refractivity contribution in [1.29, 1.82) is 0 Å². The molecule has 0 atom stereocenters. The van der Waals surface area contributed by atoms with Gasteiger partial charge in [-0.05, 0) is 48.6 Å². The van der Waals surface area contributed by atoms with Crippen LogP contribution < -0.4 is 5.32 Å². The average molecular weight is 331 g/mol. The summed E-state index contributed by atoms with van der Waals surface area (Å²) in [6, 6.07) is 3.94. The number of nitrogens with one attached hydrogen (secondary N) is 1. The summed E-state index contributed by atoms with van der Waals surface area (Å²) in [5.74, 6) is 0.937. The van der Waals surface area contributed by atoms with E-state index in [9.17, 15) is 0 Å². The van der Waals surface area contributed by atoms with Gasteiger partial charge < -0.3 is 9.73 Å². The second-order valence-corrected chi connectivity index (χ2v) is 4.79. The number of aromatic nitrogens is 2. The van der Waals surface area contributed by atoms with Gasteiger partial charge in [0.1, 0.15) is 5.76 Å². The maximum atomic E-state index is 5.49. The zero-order valence-corrected chi connectivity index (χ0v) is 11.7. The average Bonchev–Trinajstić information content (AvgIpc) is 2.72. The minimum Gasteiger partial charge on any atom is -0.454 e. The van der Waals surface area contributed by atoms with Gasteiger partial charge in [-0.25, -0.2) is 0 Å². The van der Waals surface area contributed by atoms with Crippen LogP contribution in [0.4, 0.5) is 5.69 Å². The molecule has 1 N–H and O–H groups in total. The smallest absolute Gasteiger partial charge is 0.164 e. The number of halogens is 1. The summed E-state index contributed by atoms with van der Waals surface area (Å²) >= 11 is 2.16. The van der Waals surface area contributed by atoms with Crippen molar-refractivity contribution >= 4 is 28.3 Å². The fourth-order valence-corrected chi connectivity index (χ4v) is 2.11. The Labute approximate surface area is 108 Å². The van der Waals surface area contributed by atoms with Crippen LogP contribution in [0.2, 0.25) is 0 Å². The van der Waals surface area contributed by atoms with E-state index in [1.807, 2.05) is 37.7 Å². The lowest BCUT2D eigenvalue weighted by Crippen LogP contribution is -2.00. The molecule has 0 saturated heterocycles. The Morgan fingerprint density at radius 3 is 2.69 bits per heavy atom. The maximum Gasteiger partial charge on any atom is 0.164 e. The van der Waals surface area contributed by atoms with Crippen molar-refractivity contribution in [3.63, 3.8) is 0 Å². The fraction of sp³-hybridized carbons (Fsp3) is 0.364. The lowest BCUT2D eigenvalue weighted by atomic mass is 10.3. The van der Waals surface area contributed by atoms with E-state index >= 15 is 0 Å². The molecule has 0 radical (unpaired) electrons. The van der Waals surface area contributed by atoms with E-state index in [1.165, 1.54) is 0 Å². The zero-order valence-electron chi connectivity index (χ0n) is 9.54. The van der Waals surface area contributed by atoms with Crippen molar-refractivity contribution in [3.8, 4) is 0 Å². The Kier molecular flexibility index (Phi) is 3.22. The van der Waals surface area contributed by atoms with Crippen molar-refractivity contribution in [2.24, 2.45) is 7.05 Å². The Hall–Kier alpha value is -0.980. The molecule has 0 aliphatic heterocycles. The monoisotopic (exact) mass is 331 g/mol. The van der Waals surface area contributed by atoms with Gasteiger partial charge in [0.15, 0.2) is 3.77 Å². The molecule has 2 aromatic rings. The van der Waals surface area contributed by atoms with Crippen LogP contribution in [0.1, 0.15) is 17.1 Å². The van der Waals surface area contributed by atoms with Crippen LogP contribution in [-0.2, 0) is 13.6 Å². The summed E-state index contributed by atoms with van der Waals surface area (Å²) in [4.78, 5) is 0. The molecular formula is C11H14IN3O. The third-order valence-corrected chi connectivity index (χ3v) is 3.16. The van der Waals surface area contributed by atoms with Crippen molar-refractivity contribution < 1.29 is 4.42 Å². The summed E-state index contributed by atoms with van der Waals surface area (Å²) in [6.45, 7) is 4.74. The van der Waals surface area contributed by atoms with Crippen LogP contribution in [0, 0.1) is 17.6 Å². The molecule has 0 spiro atoms. The highest BCUT2D eigenvalue weighted by molar-refractivity contribution is 14.1. The lowest BCUT2D eigenvalue weighted by molar-refractivity contribution is 0.493. The summed E-state index contributed by atoms with van der Waals surface area (Å²) in [6.07, 6.45) is 0. The first-order valence-corrected chi connectivity index (χ1v) is 6.14. The molecule has 0 unspecified atom stereocenters. The SMILES string of the molecule is Cc1nn(C)c(C)c1NCc1ccc(I)o1. The highest BCUT2D eigenvalue weighted by Crippen LogP contribution is 2.20. The first kappa shape index (κ1) is 11.5. The number of anilines is 1. The third-order valence-electron chi connectivity index (χ3n) is 2.58. The van der Waals surface area contributed by atoms with E-state index in [2.05, 4.69) is 33.0 Å². The van der Waals surface area contributed by atoms with Gasteiger partial charge in [0.25, 0.3) is 0 Å². The maximum absolute atomic E-state index is 5.49. The fourth-order valence-electron chi connectivity index (χ4n) is 1.65. The van der Waals surface area contributed by atoms with Gasteiger partial charge in [-0.2, -0.15) is 5.10 Å². The van der Waals surface area contributed by atoms with Gasteiger partial charge in [0.2, 0.25) is 0 Å². The summed E-state index contributed by atoms with van der Waals surface area (Å²) in [5, 5.41) is 7.70. The predicted molar refractivity (Wildman–Crippen MR) is 71.4 cm³/mol. The standard InChI is InChI=1S/C11H14IN3O/c1-7-11(8(2)15(3)14-7)13-6-9-4-5-10(12)16-9/h4-5,13H,6H2,1-3H3. The molecule has 0 amide bonds. The number of aryl methyl sites for hydroxylation is 2. The molecule has 2 rings (SSSR count). The molecular weight excluding hydrogens is 317 g/mol. The van der Waals surface area contributed by atoms with Crippen LogP contribution >= 0.6 is 22.6 Å². The zero-order chi connectivity index (χ0) is 11.7. The van der Waals surface area contributed by atoms with Crippen molar-refractivity contribution in [2.45, 2.75) is 20.4 Å². The second kappa shape index (κ2) is 4.48. The molecule has 0 bridgehead atoms. The molecule has 4 nitrogen and oxygen atoms in total. The number of hydrogen-bond donors (Lipinski definition) is 1. The number of furan rings is 1. The molecule has 0 aromatic carbocycles. The Balaban J connectivity index is 2.10. The van der Waals surface area contributed by atoms with Crippen molar-refractivity contribution in [2.75, 3.05) is 5.32 Å². The number of hydrogen-bond acceptors (Lipinski definition) is 3. The topological polar surface area (TPSA) is 43.0 Å². The molecule has 2 aromatic heterocycles. The third kappa shape index (κ3) is 2.23. The van der Waals surface area contributed by atoms with Gasteiger partial charge in [-0.3, -0.25) is 4.68 Å². The molecule has 0 aliphatic carbocycles. The van der Waals surface area contributed by atoms with Gasteiger partial charge in [0, 0.05) is 7.05 Å². The molecule has 0 saturated carbocycles. The van der Waals surface area contributed by atoms with E-state index in [4.69, 9.17) is 4.42 Å². The first-order valence-electron chi connectivity index (χ1n) is 5.06. The molecule has 0 fully saturated rings. The molecule has 86 valence electrons. The van der Waals surface area contributed by atoms with E-state index in [1.54, 1.807) is 0 Å². The van der Waals surface area contributed by atoms with E-state index < -0.39 is 0 Å². The normalized spacial score (nSPS) is 10.8. The number of rotatable bonds is 3. The van der Waals surface area contributed by atoms with Crippen LogP contribution in [0.15, 0.2) is 16.5 Å². The minimum absolute atomic E-state index is 0.691. The highest BCUT2D eigenvalue weighted by Gasteiger charge is 2.09. The van der Waals surface area contributed by atoms with Gasteiger partial charge >= 0.3 is 0 Å². The Morgan fingerprint density at radius 1 is 1.44 bits per heavy atom. The van der Waals surface area contributed by atoms with Gasteiger partial charge in [-0.15, -0.1) is 0 Å². The summed E-state index contributed by atoms with van der Waals surface area (Å²) < 4.78 is 8.28. The van der Waals surface area contributed by atoms with E-state index in [0.717, 1.165) is 26.6 Å². The molecule has 16 heavy (non-hydrogen) atoms. The molecule has 2 heterocycles. The Morgan fingerprint density at radius 2 is 2.19 bits per heavy atom. The summed E-state index contributed by atoms with van der Waals surface area (Å²) in [7, 11) is 1.95. The lowest BCUT2D eigenvalue weighted by Gasteiger charge is -2.04.